The van der Waals surface area contributed by atoms with Crippen LogP contribution in [0.25, 0.3) is 0 Å². The summed E-state index contributed by atoms with van der Waals surface area (Å²) in [5.74, 6) is -1.22. The molecule has 1 aromatic heterocycles. The Bertz CT molecular complexity index is 759. The zero-order chi connectivity index (χ0) is 16.3. The average Bonchev–Trinajstić information content (AvgIpc) is 2.86. The van der Waals surface area contributed by atoms with Crippen molar-refractivity contribution in [2.75, 3.05) is 5.32 Å². The second-order valence-corrected chi connectivity index (χ2v) is 4.82. The molecule has 11 heteroatoms. The van der Waals surface area contributed by atoms with Crippen molar-refractivity contribution in [2.24, 2.45) is 5.73 Å². The number of hydrogen-bond acceptors (Lipinski definition) is 8. The molecule has 0 unspecified atom stereocenters. The van der Waals surface area contributed by atoms with Crippen LogP contribution in [-0.4, -0.2) is 27.0 Å². The minimum Gasteiger partial charge on any atom is -0.507 e. The van der Waals surface area contributed by atoms with Crippen LogP contribution in [0.1, 0.15) is 10.4 Å². The number of primary amides is 1. The van der Waals surface area contributed by atoms with Crippen molar-refractivity contribution in [3.63, 3.8) is 0 Å². The average molecular weight is 324 g/mol. The number of thiazole rings is 1. The molecule has 0 spiro atoms. The van der Waals surface area contributed by atoms with Crippen LogP contribution >= 0.6 is 11.3 Å². The van der Waals surface area contributed by atoms with E-state index in [4.69, 9.17) is 5.73 Å². The smallest absolute Gasteiger partial charge is 0.409 e. The Morgan fingerprint density at radius 1 is 1.45 bits per heavy atom. The van der Waals surface area contributed by atoms with Gasteiger partial charge in [0.15, 0.2) is 5.13 Å². The molecule has 10 nitrogen and oxygen atoms in total. The van der Waals surface area contributed by atoms with Gasteiger partial charge in [-0.05, 0) is 23.5 Å². The first-order chi connectivity index (χ1) is 10.4. The highest BCUT2D eigenvalue weighted by Crippen LogP contribution is 2.28. The third kappa shape index (κ3) is 3.46. The van der Waals surface area contributed by atoms with Crippen LogP contribution in [0.4, 0.5) is 14.9 Å². The summed E-state index contributed by atoms with van der Waals surface area (Å²) in [6.07, 6.45) is -0.0593. The van der Waals surface area contributed by atoms with E-state index in [0.29, 0.717) is 11.3 Å². The van der Waals surface area contributed by atoms with E-state index in [0.717, 1.165) is 12.3 Å². The molecule has 0 fully saturated rings. The van der Waals surface area contributed by atoms with Gasteiger partial charge in [0, 0.05) is 6.07 Å². The predicted molar refractivity (Wildman–Crippen MR) is 75.0 cm³/mol. The molecule has 1 aromatic carbocycles. The number of ether oxygens (including phenoxy) is 1. The van der Waals surface area contributed by atoms with Gasteiger partial charge in [0.25, 0.3) is 5.91 Å². The minimum atomic E-state index is -1.06. The number of phenols is 1. The summed E-state index contributed by atoms with van der Waals surface area (Å²) in [5.41, 5.74) is 4.69. The first-order valence-corrected chi connectivity index (χ1v) is 6.40. The Labute approximate surface area is 126 Å². The number of rotatable bonds is 4. The Kier molecular flexibility index (Phi) is 4.18. The summed E-state index contributed by atoms with van der Waals surface area (Å²) in [7, 11) is 0. The molecule has 0 aliphatic rings. The minimum absolute atomic E-state index is 0.00793. The largest absolute Gasteiger partial charge is 0.507 e. The molecule has 1 heterocycles. The summed E-state index contributed by atoms with van der Waals surface area (Å²) < 4.78 is 4.54. The first-order valence-electron chi connectivity index (χ1n) is 5.58. The summed E-state index contributed by atoms with van der Waals surface area (Å²) in [6.45, 7) is 0. The lowest BCUT2D eigenvalue weighted by molar-refractivity contribution is -0.380. The normalized spacial score (nSPS) is 10.0. The number of carbonyl (C=O) groups excluding carboxylic acids is 2. The number of nitrogens with zero attached hydrogens (tertiary/aromatic N) is 2. The molecule has 0 atom stereocenters. The monoisotopic (exact) mass is 324 g/mol. The van der Waals surface area contributed by atoms with Crippen LogP contribution in [-0.2, 0) is 0 Å². The van der Waals surface area contributed by atoms with Gasteiger partial charge in [-0.15, -0.1) is 0 Å². The van der Waals surface area contributed by atoms with E-state index in [-0.39, 0.29) is 21.4 Å². The number of hydrogen-bond donors (Lipinski definition) is 3. The second-order valence-electron chi connectivity index (χ2n) is 3.81. The summed E-state index contributed by atoms with van der Waals surface area (Å²) >= 11 is 0.672. The Morgan fingerprint density at radius 3 is 2.73 bits per heavy atom. The molecule has 0 saturated carbocycles. The third-order valence-electron chi connectivity index (χ3n) is 2.33. The van der Waals surface area contributed by atoms with Crippen LogP contribution in [0.5, 0.6) is 11.5 Å². The van der Waals surface area contributed by atoms with Gasteiger partial charge >= 0.3 is 11.1 Å². The van der Waals surface area contributed by atoms with E-state index >= 15 is 0 Å². The van der Waals surface area contributed by atoms with Crippen molar-refractivity contribution in [3.8, 4) is 11.5 Å². The lowest BCUT2D eigenvalue weighted by atomic mass is 10.2. The molecule has 114 valence electrons. The molecule has 0 bridgehead atoms. The fourth-order valence-corrected chi connectivity index (χ4v) is 2.08. The highest BCUT2D eigenvalue weighted by Gasteiger charge is 2.17. The number of amides is 2. The molecule has 2 aromatic rings. The number of phenolic OH excluding ortho intramolecular Hbond substituents is 1. The number of anilines is 1. The standard InChI is InChI=1S/C11H8N4O6S/c12-10(18)21-5-1-2-6(7(16)3-5)9(17)14-11-13-4-8(22-11)15(19)20/h1-4,16H,(H2,12,18)(H,13,14,17). The zero-order valence-corrected chi connectivity index (χ0v) is 11.5. The first kappa shape index (κ1) is 15.2. The van der Waals surface area contributed by atoms with E-state index in [1.165, 1.54) is 12.1 Å². The molecule has 0 radical (unpaired) electrons. The molecule has 0 aliphatic carbocycles. The fourth-order valence-electron chi connectivity index (χ4n) is 1.46. The lowest BCUT2D eigenvalue weighted by Crippen LogP contribution is -2.16. The molecule has 0 aliphatic heterocycles. The molecule has 22 heavy (non-hydrogen) atoms. The topological polar surface area (TPSA) is 158 Å². The molecule has 0 saturated heterocycles. The highest BCUT2D eigenvalue weighted by molar-refractivity contribution is 7.18. The van der Waals surface area contributed by atoms with Crippen LogP contribution in [0, 0.1) is 10.1 Å². The lowest BCUT2D eigenvalue weighted by Gasteiger charge is -2.06. The Morgan fingerprint density at radius 2 is 2.18 bits per heavy atom. The number of nitrogens with two attached hydrogens (primary N) is 1. The summed E-state index contributed by atoms with van der Waals surface area (Å²) in [5, 5.41) is 22.3. The van der Waals surface area contributed by atoms with E-state index in [9.17, 15) is 24.8 Å². The SMILES string of the molecule is NC(=O)Oc1ccc(C(=O)Nc2ncc([N+](=O)[O-])s2)c(O)c1. The van der Waals surface area contributed by atoms with Crippen molar-refractivity contribution in [1.29, 1.82) is 0 Å². The number of aromatic hydroxyl groups is 1. The van der Waals surface area contributed by atoms with Crippen molar-refractivity contribution in [3.05, 3.63) is 40.1 Å². The Hall–Kier alpha value is -3.21. The van der Waals surface area contributed by atoms with Gasteiger partial charge in [0.05, 0.1) is 10.5 Å². The molecular weight excluding hydrogens is 316 g/mol. The van der Waals surface area contributed by atoms with Gasteiger partial charge in [-0.2, -0.15) is 0 Å². The van der Waals surface area contributed by atoms with Gasteiger partial charge in [-0.3, -0.25) is 20.2 Å². The van der Waals surface area contributed by atoms with Crippen molar-refractivity contribution in [1.82, 2.24) is 4.98 Å². The maximum absolute atomic E-state index is 11.9. The van der Waals surface area contributed by atoms with Gasteiger partial charge in [-0.25, -0.2) is 9.78 Å². The number of aromatic nitrogens is 1. The number of nitrogens with one attached hydrogen (secondary N) is 1. The number of nitro groups is 1. The second kappa shape index (κ2) is 6.05. The predicted octanol–water partition coefficient (Wildman–Crippen LogP) is 1.47. The van der Waals surface area contributed by atoms with Gasteiger partial charge in [0.1, 0.15) is 17.7 Å². The molecular formula is C11H8N4O6S. The summed E-state index contributed by atoms with van der Waals surface area (Å²) in [4.78, 5) is 36.1. The quantitative estimate of drug-likeness (QED) is 0.567. The van der Waals surface area contributed by atoms with E-state index in [2.05, 4.69) is 15.0 Å². The third-order valence-corrected chi connectivity index (χ3v) is 3.19. The van der Waals surface area contributed by atoms with Gasteiger partial charge < -0.3 is 15.6 Å². The highest BCUT2D eigenvalue weighted by atomic mass is 32.1. The van der Waals surface area contributed by atoms with Crippen molar-refractivity contribution in [2.45, 2.75) is 0 Å². The summed E-state index contributed by atoms with van der Waals surface area (Å²) in [6, 6.07) is 3.48. The molecule has 4 N–H and O–H groups in total. The maximum Gasteiger partial charge on any atom is 0.409 e. The number of benzene rings is 1. The molecule has 2 rings (SSSR count). The van der Waals surface area contributed by atoms with E-state index < -0.39 is 22.7 Å². The van der Waals surface area contributed by atoms with Gasteiger partial charge in [0.2, 0.25) is 0 Å². The van der Waals surface area contributed by atoms with E-state index in [1.54, 1.807) is 0 Å². The van der Waals surface area contributed by atoms with E-state index in [1.807, 2.05) is 0 Å². The van der Waals surface area contributed by atoms with Crippen LogP contribution in [0.2, 0.25) is 0 Å². The Balaban J connectivity index is 2.15. The van der Waals surface area contributed by atoms with Crippen LogP contribution in [0.3, 0.4) is 0 Å². The van der Waals surface area contributed by atoms with Crippen LogP contribution in [0.15, 0.2) is 24.4 Å². The van der Waals surface area contributed by atoms with Crippen molar-refractivity contribution < 1.29 is 24.4 Å². The zero-order valence-electron chi connectivity index (χ0n) is 10.7. The number of carbonyl (C=O) groups is 2. The fraction of sp³-hybridized carbons (Fsp3) is 0. The van der Waals surface area contributed by atoms with Crippen LogP contribution < -0.4 is 15.8 Å². The van der Waals surface area contributed by atoms with Gasteiger partial charge in [-0.1, -0.05) is 0 Å². The molecule has 2 amide bonds. The maximum atomic E-state index is 11.9. The van der Waals surface area contributed by atoms with Crippen molar-refractivity contribution >= 4 is 33.5 Å².